The van der Waals surface area contributed by atoms with Gasteiger partial charge in [-0.2, -0.15) is 0 Å². The fraction of sp³-hybridized carbons (Fsp3) is 0. The minimum atomic E-state index is -3.00. The molecular formula is H5AuCl4NaO2. The molecule has 8 heteroatoms. The molecule has 0 aliphatic heterocycles. The summed E-state index contributed by atoms with van der Waals surface area (Å²) in [6.45, 7) is 0. The van der Waals surface area contributed by atoms with Crippen molar-refractivity contribution in [2.45, 2.75) is 0 Å². The molecule has 8 heavy (non-hydrogen) atoms. The molecule has 0 rings (SSSR count). The summed E-state index contributed by atoms with van der Waals surface area (Å²) in [5, 5.41) is 0. The van der Waals surface area contributed by atoms with Crippen LogP contribution in [0.15, 0.2) is 0 Å². The molecule has 0 aromatic carbocycles. The Morgan fingerprint density at radius 3 is 0.750 bits per heavy atom. The number of halogens is 4. The molecule has 2 nitrogen and oxygen atoms in total. The summed E-state index contributed by atoms with van der Waals surface area (Å²) in [5.41, 5.74) is 0. The van der Waals surface area contributed by atoms with Crippen LogP contribution in [0.1, 0.15) is 0 Å². The first-order valence-corrected chi connectivity index (χ1v) is 11.2. The van der Waals surface area contributed by atoms with E-state index in [-0.39, 0.29) is 40.5 Å². The molecular weight excluding hydrogens is 394 g/mol. The van der Waals surface area contributed by atoms with Crippen LogP contribution in [-0.4, -0.2) is 40.5 Å². The average Bonchev–Trinajstić information content (AvgIpc) is 0.722. The molecule has 0 aromatic heterocycles. The monoisotopic (exact) mass is 397 g/mol. The molecule has 0 unspecified atom stereocenters. The fourth-order valence-corrected chi connectivity index (χ4v) is 0. The van der Waals surface area contributed by atoms with E-state index in [2.05, 4.69) is 0 Å². The third-order valence-electron chi connectivity index (χ3n) is 0. The van der Waals surface area contributed by atoms with Crippen molar-refractivity contribution in [1.29, 1.82) is 0 Å². The molecule has 0 radical (unpaired) electrons. The average molecular weight is 399 g/mol. The predicted molar refractivity (Wildman–Crippen MR) is 37.8 cm³/mol. The molecule has 4 N–H and O–H groups in total. The van der Waals surface area contributed by atoms with Crippen LogP contribution in [0, 0.1) is 0 Å². The first-order chi connectivity index (χ1) is 2.00. The maximum atomic E-state index is 5.00. The second kappa shape index (κ2) is 9.82. The molecule has 0 bridgehead atoms. The van der Waals surface area contributed by atoms with E-state index in [1.54, 1.807) is 0 Å². The van der Waals surface area contributed by atoms with Gasteiger partial charge in [-0.25, -0.2) is 0 Å². The number of rotatable bonds is 0. The standard InChI is InChI=1S/Au.4ClH.Na.2H2O.H/h;4*1H;;2*1H2;/q+4;;;;;;;;/p-4. The van der Waals surface area contributed by atoms with Gasteiger partial charge in [0.2, 0.25) is 0 Å². The Labute approximate surface area is 88.5 Å². The molecule has 0 fully saturated rings. The van der Waals surface area contributed by atoms with Gasteiger partial charge in [-0.15, -0.1) is 0 Å². The first kappa shape index (κ1) is 22.4. The van der Waals surface area contributed by atoms with Crippen molar-refractivity contribution in [3.8, 4) is 0 Å². The molecule has 0 saturated carbocycles. The van der Waals surface area contributed by atoms with Gasteiger partial charge in [0.1, 0.15) is 0 Å². The summed E-state index contributed by atoms with van der Waals surface area (Å²) >= 11 is -3.00. The second-order valence-electron chi connectivity index (χ2n) is 0.258. The van der Waals surface area contributed by atoms with Crippen LogP contribution in [0.25, 0.3) is 0 Å². The minimum absolute atomic E-state index is 0. The summed E-state index contributed by atoms with van der Waals surface area (Å²) in [4.78, 5) is 0. The Balaban J connectivity index is -0.0000000267. The molecule has 57 valence electrons. The molecule has 0 aromatic rings. The third-order valence-corrected chi connectivity index (χ3v) is 0. The molecule has 0 spiro atoms. The van der Waals surface area contributed by atoms with Crippen molar-refractivity contribution in [3.05, 3.63) is 0 Å². The van der Waals surface area contributed by atoms with Crippen LogP contribution in [0.3, 0.4) is 0 Å². The second-order valence-corrected chi connectivity index (χ2v) is 19.0. The quantitative estimate of drug-likeness (QED) is 0.532. The van der Waals surface area contributed by atoms with Crippen LogP contribution < -0.4 is 0 Å². The van der Waals surface area contributed by atoms with Crippen molar-refractivity contribution in [2.24, 2.45) is 0 Å². The zero-order chi connectivity index (χ0) is 4.50. The van der Waals surface area contributed by atoms with Gasteiger partial charge in [0, 0.05) is 0 Å². The van der Waals surface area contributed by atoms with Gasteiger partial charge in [0.25, 0.3) is 0 Å². The zero-order valence-electron chi connectivity index (χ0n) is 2.81. The SMILES string of the molecule is O.O.[Cl][Au]([Cl])([Cl])[Cl].[NaH]. The summed E-state index contributed by atoms with van der Waals surface area (Å²) < 4.78 is 0. The Morgan fingerprint density at radius 2 is 0.750 bits per heavy atom. The van der Waals surface area contributed by atoms with E-state index >= 15 is 0 Å². The number of hydrogen-bond acceptors (Lipinski definition) is 0. The zero-order valence-corrected chi connectivity index (χ0v) is 8.00. The summed E-state index contributed by atoms with van der Waals surface area (Å²) in [6.07, 6.45) is 0. The van der Waals surface area contributed by atoms with Crippen LogP contribution in [0.4, 0.5) is 0 Å². The van der Waals surface area contributed by atoms with Crippen LogP contribution in [-0.2, 0) is 12.8 Å². The van der Waals surface area contributed by atoms with Gasteiger partial charge in [-0.1, -0.05) is 0 Å². The molecule has 0 aliphatic carbocycles. The normalized spacial score (nSPS) is 9.50. The van der Waals surface area contributed by atoms with Gasteiger partial charge in [-0.3, -0.25) is 0 Å². The van der Waals surface area contributed by atoms with Crippen LogP contribution >= 0.6 is 36.8 Å². The van der Waals surface area contributed by atoms with Crippen molar-refractivity contribution in [3.63, 3.8) is 0 Å². The van der Waals surface area contributed by atoms with E-state index < -0.39 is 12.8 Å². The Hall–Kier alpha value is 2.82. The van der Waals surface area contributed by atoms with E-state index in [0.717, 1.165) is 0 Å². The third kappa shape index (κ3) is 67.8. The van der Waals surface area contributed by atoms with Crippen LogP contribution in [0.2, 0.25) is 0 Å². The van der Waals surface area contributed by atoms with E-state index in [4.69, 9.17) is 36.8 Å². The maximum absolute atomic E-state index is 5.00. The summed E-state index contributed by atoms with van der Waals surface area (Å²) in [6, 6.07) is 0. The van der Waals surface area contributed by atoms with E-state index in [1.165, 1.54) is 0 Å². The molecule has 0 atom stereocenters. The Bertz CT molecular complexity index is 29.5. The molecule has 0 aliphatic rings. The van der Waals surface area contributed by atoms with E-state index in [1.807, 2.05) is 0 Å². The summed E-state index contributed by atoms with van der Waals surface area (Å²) in [5.74, 6) is 0. The first-order valence-electron chi connectivity index (χ1n) is 0.456. The van der Waals surface area contributed by atoms with E-state index in [0.29, 0.717) is 0 Å². The van der Waals surface area contributed by atoms with Crippen molar-refractivity contribution in [2.75, 3.05) is 0 Å². The van der Waals surface area contributed by atoms with Gasteiger partial charge < -0.3 is 11.0 Å². The van der Waals surface area contributed by atoms with Gasteiger partial charge >= 0.3 is 79.1 Å². The Morgan fingerprint density at radius 1 is 0.750 bits per heavy atom. The van der Waals surface area contributed by atoms with Gasteiger partial charge in [0.05, 0.1) is 0 Å². The van der Waals surface area contributed by atoms with Crippen molar-refractivity contribution in [1.82, 2.24) is 0 Å². The Kier molecular flexibility index (Phi) is 27.5. The van der Waals surface area contributed by atoms with Gasteiger partial charge in [0.15, 0.2) is 0 Å². The topological polar surface area (TPSA) is 63.0 Å². The molecule has 0 amide bonds. The van der Waals surface area contributed by atoms with E-state index in [9.17, 15) is 0 Å². The summed E-state index contributed by atoms with van der Waals surface area (Å²) in [7, 11) is 20.0. The number of hydrogen-bond donors (Lipinski definition) is 0. The fourth-order valence-electron chi connectivity index (χ4n) is 0. The van der Waals surface area contributed by atoms with Gasteiger partial charge in [-0.05, 0) is 0 Å². The molecule has 0 heterocycles. The molecule has 0 saturated heterocycles. The van der Waals surface area contributed by atoms with Crippen molar-refractivity contribution < 1.29 is 23.8 Å². The van der Waals surface area contributed by atoms with Crippen LogP contribution in [0.5, 0.6) is 0 Å². The van der Waals surface area contributed by atoms with Crippen molar-refractivity contribution >= 4 is 66.3 Å². The predicted octanol–water partition coefficient (Wildman–Crippen LogP) is 0.458.